The van der Waals surface area contributed by atoms with Crippen molar-refractivity contribution in [2.24, 2.45) is 5.92 Å². The largest absolute Gasteiger partial charge is 0.457 e. The fraction of sp³-hybridized carbons (Fsp3) is 0.375. The van der Waals surface area contributed by atoms with Gasteiger partial charge in [-0.2, -0.15) is 0 Å². The SMILES string of the molecule is Cc1cccc(Oc2ccc(NC(=O)CN3C(=O)NC4(CCC(C)CC4)C3=O)cc2)c1. The summed E-state index contributed by atoms with van der Waals surface area (Å²) in [5.74, 6) is 1.22. The zero-order valence-corrected chi connectivity index (χ0v) is 17.8. The maximum Gasteiger partial charge on any atom is 0.325 e. The van der Waals surface area contributed by atoms with Gasteiger partial charge >= 0.3 is 6.03 Å². The van der Waals surface area contributed by atoms with Gasteiger partial charge in [0.05, 0.1) is 0 Å². The first-order chi connectivity index (χ1) is 14.8. The van der Waals surface area contributed by atoms with Crippen molar-refractivity contribution in [2.45, 2.75) is 45.1 Å². The van der Waals surface area contributed by atoms with Crippen LogP contribution in [-0.4, -0.2) is 34.8 Å². The quantitative estimate of drug-likeness (QED) is 0.708. The molecule has 1 aliphatic carbocycles. The van der Waals surface area contributed by atoms with Crippen molar-refractivity contribution in [1.29, 1.82) is 0 Å². The summed E-state index contributed by atoms with van der Waals surface area (Å²) in [6.45, 7) is 3.84. The fourth-order valence-electron chi connectivity index (χ4n) is 4.18. The van der Waals surface area contributed by atoms with Gasteiger partial charge in [0.2, 0.25) is 5.91 Å². The van der Waals surface area contributed by atoms with E-state index in [-0.39, 0.29) is 12.5 Å². The maximum absolute atomic E-state index is 12.9. The average Bonchev–Trinajstić information content (AvgIpc) is 2.96. The molecule has 162 valence electrons. The van der Waals surface area contributed by atoms with E-state index in [0.29, 0.717) is 30.2 Å². The van der Waals surface area contributed by atoms with Gasteiger partial charge < -0.3 is 15.4 Å². The molecule has 2 aromatic rings. The van der Waals surface area contributed by atoms with E-state index in [9.17, 15) is 14.4 Å². The molecule has 2 N–H and O–H groups in total. The van der Waals surface area contributed by atoms with E-state index >= 15 is 0 Å². The molecule has 31 heavy (non-hydrogen) atoms. The zero-order chi connectivity index (χ0) is 22.0. The number of rotatable bonds is 5. The van der Waals surface area contributed by atoms with Crippen LogP contribution < -0.4 is 15.4 Å². The second-order valence-electron chi connectivity index (χ2n) is 8.58. The van der Waals surface area contributed by atoms with Crippen molar-refractivity contribution in [1.82, 2.24) is 10.2 Å². The molecule has 7 nitrogen and oxygen atoms in total. The molecule has 4 amide bonds. The number of ether oxygens (including phenoxy) is 1. The number of carbonyl (C=O) groups excluding carboxylic acids is 3. The highest BCUT2D eigenvalue weighted by molar-refractivity contribution is 6.10. The molecule has 0 unspecified atom stereocenters. The smallest absolute Gasteiger partial charge is 0.325 e. The Bertz CT molecular complexity index is 994. The summed E-state index contributed by atoms with van der Waals surface area (Å²) in [6.07, 6.45) is 3.03. The number of imide groups is 1. The highest BCUT2D eigenvalue weighted by Crippen LogP contribution is 2.36. The van der Waals surface area contributed by atoms with Crippen LogP contribution in [0.5, 0.6) is 11.5 Å². The van der Waals surface area contributed by atoms with Crippen molar-refractivity contribution < 1.29 is 19.1 Å². The van der Waals surface area contributed by atoms with Crippen molar-refractivity contribution in [3.05, 3.63) is 54.1 Å². The lowest BCUT2D eigenvalue weighted by atomic mass is 9.77. The van der Waals surface area contributed by atoms with Crippen LogP contribution in [0.15, 0.2) is 48.5 Å². The van der Waals surface area contributed by atoms with E-state index in [1.54, 1.807) is 24.3 Å². The van der Waals surface area contributed by atoms with Gasteiger partial charge in [0.1, 0.15) is 23.6 Å². The highest BCUT2D eigenvalue weighted by atomic mass is 16.5. The minimum atomic E-state index is -0.835. The number of benzene rings is 2. The molecule has 0 radical (unpaired) electrons. The summed E-state index contributed by atoms with van der Waals surface area (Å²) in [5, 5.41) is 5.57. The minimum absolute atomic E-state index is 0.290. The van der Waals surface area contributed by atoms with Gasteiger partial charge in [-0.3, -0.25) is 14.5 Å². The average molecular weight is 421 g/mol. The Morgan fingerprint density at radius 3 is 2.52 bits per heavy atom. The van der Waals surface area contributed by atoms with Gasteiger partial charge in [-0.25, -0.2) is 4.79 Å². The number of amides is 4. The molecule has 0 atom stereocenters. The van der Waals surface area contributed by atoms with Crippen molar-refractivity contribution in [3.63, 3.8) is 0 Å². The Balaban J connectivity index is 1.34. The third-order valence-electron chi connectivity index (χ3n) is 6.04. The lowest BCUT2D eigenvalue weighted by Crippen LogP contribution is -2.49. The summed E-state index contributed by atoms with van der Waals surface area (Å²) in [5.41, 5.74) is 0.833. The fourth-order valence-corrected chi connectivity index (χ4v) is 4.18. The standard InChI is InChI=1S/C24H27N3O4/c1-16-10-12-24(13-11-16)22(29)27(23(30)26-24)15-21(28)25-18-6-8-19(9-7-18)31-20-5-3-4-17(2)14-20/h3-9,14,16H,10-13,15H2,1-2H3,(H,25,28)(H,26,30). The molecular weight excluding hydrogens is 394 g/mol. The topological polar surface area (TPSA) is 87.7 Å². The number of anilines is 1. The van der Waals surface area contributed by atoms with Crippen molar-refractivity contribution in [3.8, 4) is 11.5 Å². The lowest BCUT2D eigenvalue weighted by molar-refractivity contribution is -0.135. The van der Waals surface area contributed by atoms with Crippen molar-refractivity contribution in [2.75, 3.05) is 11.9 Å². The predicted molar refractivity (Wildman–Crippen MR) is 117 cm³/mol. The molecule has 1 saturated carbocycles. The zero-order valence-electron chi connectivity index (χ0n) is 17.8. The second kappa shape index (κ2) is 8.41. The van der Waals surface area contributed by atoms with Crippen LogP contribution in [0, 0.1) is 12.8 Å². The Hall–Kier alpha value is -3.35. The first-order valence-electron chi connectivity index (χ1n) is 10.6. The molecule has 2 aliphatic rings. The van der Waals surface area contributed by atoms with Crippen LogP contribution in [0.3, 0.4) is 0 Å². The van der Waals surface area contributed by atoms with E-state index in [4.69, 9.17) is 4.74 Å². The molecule has 1 spiro atoms. The number of urea groups is 1. The third kappa shape index (κ3) is 4.55. The lowest BCUT2D eigenvalue weighted by Gasteiger charge is -2.33. The van der Waals surface area contributed by atoms with E-state index < -0.39 is 17.5 Å². The number of hydrogen-bond acceptors (Lipinski definition) is 4. The molecule has 0 aromatic heterocycles. The molecule has 2 aromatic carbocycles. The van der Waals surface area contributed by atoms with Crippen LogP contribution in [-0.2, 0) is 9.59 Å². The predicted octanol–water partition coefficient (Wildman–Crippen LogP) is 4.23. The maximum atomic E-state index is 12.9. The monoisotopic (exact) mass is 421 g/mol. The first-order valence-corrected chi connectivity index (χ1v) is 10.6. The van der Waals surface area contributed by atoms with Crippen LogP contribution in [0.25, 0.3) is 0 Å². The summed E-state index contributed by atoms with van der Waals surface area (Å²) >= 11 is 0. The molecule has 4 rings (SSSR count). The number of nitrogens with zero attached hydrogens (tertiary/aromatic N) is 1. The number of carbonyl (C=O) groups is 3. The van der Waals surface area contributed by atoms with Crippen LogP contribution in [0.1, 0.15) is 38.2 Å². The minimum Gasteiger partial charge on any atom is -0.457 e. The van der Waals surface area contributed by atoms with E-state index in [0.717, 1.165) is 29.1 Å². The first kappa shape index (κ1) is 20.9. The summed E-state index contributed by atoms with van der Waals surface area (Å²) in [6, 6.07) is 14.2. The number of aryl methyl sites for hydroxylation is 1. The number of nitrogens with one attached hydrogen (secondary N) is 2. The van der Waals surface area contributed by atoms with Gasteiger partial charge in [0.15, 0.2) is 0 Å². The van der Waals surface area contributed by atoms with E-state index in [2.05, 4.69) is 17.6 Å². The van der Waals surface area contributed by atoms with Gasteiger partial charge in [0, 0.05) is 5.69 Å². The molecule has 1 saturated heterocycles. The van der Waals surface area contributed by atoms with E-state index in [1.165, 1.54) is 0 Å². The van der Waals surface area contributed by atoms with E-state index in [1.807, 2.05) is 31.2 Å². The van der Waals surface area contributed by atoms with Gasteiger partial charge in [-0.1, -0.05) is 19.1 Å². The number of hydrogen-bond donors (Lipinski definition) is 2. The van der Waals surface area contributed by atoms with Crippen LogP contribution >= 0.6 is 0 Å². The van der Waals surface area contributed by atoms with Crippen molar-refractivity contribution >= 4 is 23.5 Å². The normalized spacial score (nSPS) is 23.0. The molecule has 7 heteroatoms. The van der Waals surface area contributed by atoms with Crippen LogP contribution in [0.2, 0.25) is 0 Å². The second-order valence-corrected chi connectivity index (χ2v) is 8.58. The Labute approximate surface area is 181 Å². The Kier molecular flexibility index (Phi) is 5.67. The summed E-state index contributed by atoms with van der Waals surface area (Å²) in [7, 11) is 0. The van der Waals surface area contributed by atoms with Gasteiger partial charge in [-0.05, 0) is 80.5 Å². The highest BCUT2D eigenvalue weighted by Gasteiger charge is 2.52. The Morgan fingerprint density at radius 1 is 1.13 bits per heavy atom. The summed E-state index contributed by atoms with van der Waals surface area (Å²) in [4.78, 5) is 38.8. The van der Waals surface area contributed by atoms with Gasteiger partial charge in [0.25, 0.3) is 5.91 Å². The van der Waals surface area contributed by atoms with Crippen LogP contribution in [0.4, 0.5) is 10.5 Å². The van der Waals surface area contributed by atoms with Gasteiger partial charge in [-0.15, -0.1) is 0 Å². The molecule has 1 aliphatic heterocycles. The molecule has 0 bridgehead atoms. The molecule has 1 heterocycles. The summed E-state index contributed by atoms with van der Waals surface area (Å²) < 4.78 is 5.81. The Morgan fingerprint density at radius 2 is 1.84 bits per heavy atom. The third-order valence-corrected chi connectivity index (χ3v) is 6.04. The molecular formula is C24H27N3O4. The molecule has 2 fully saturated rings.